The minimum absolute atomic E-state index is 0.426. The number of aromatic nitrogens is 2. The molecular formula is C18H19N5O2S. The second-order valence-corrected chi connectivity index (χ2v) is 6.12. The number of carboxylic acid groups (broad SMARTS) is 1. The predicted molar refractivity (Wildman–Crippen MR) is 105 cm³/mol. The van der Waals surface area contributed by atoms with Crippen molar-refractivity contribution in [3.8, 4) is 0 Å². The van der Waals surface area contributed by atoms with E-state index < -0.39 is 6.09 Å². The zero-order valence-corrected chi connectivity index (χ0v) is 15.0. The Morgan fingerprint density at radius 1 is 1.19 bits per heavy atom. The van der Waals surface area contributed by atoms with Gasteiger partial charge < -0.3 is 20.7 Å². The van der Waals surface area contributed by atoms with E-state index in [9.17, 15) is 9.90 Å². The van der Waals surface area contributed by atoms with Gasteiger partial charge in [0.2, 0.25) is 0 Å². The molecule has 0 bridgehead atoms. The zero-order chi connectivity index (χ0) is 18.5. The summed E-state index contributed by atoms with van der Waals surface area (Å²) in [6, 6.07) is 11.2. The molecule has 8 heteroatoms. The van der Waals surface area contributed by atoms with Crippen LogP contribution in [-0.4, -0.2) is 33.3 Å². The van der Waals surface area contributed by atoms with Crippen LogP contribution in [0.2, 0.25) is 0 Å². The van der Waals surface area contributed by atoms with Crippen LogP contribution in [0.15, 0.2) is 48.8 Å². The van der Waals surface area contributed by atoms with Gasteiger partial charge in [0.15, 0.2) is 5.11 Å². The molecule has 0 saturated carbocycles. The lowest BCUT2D eigenvalue weighted by Gasteiger charge is -2.18. The minimum atomic E-state index is -1.01. The maximum Gasteiger partial charge on any atom is 0.411 e. The molecule has 3 aromatic rings. The average molecular weight is 369 g/mol. The van der Waals surface area contributed by atoms with E-state index in [0.717, 1.165) is 22.2 Å². The molecule has 0 fully saturated rings. The Balaban J connectivity index is 1.60. The number of nitrogens with one attached hydrogen (secondary N) is 3. The second-order valence-electron chi connectivity index (χ2n) is 5.72. The first-order chi connectivity index (χ1) is 12.6. The summed E-state index contributed by atoms with van der Waals surface area (Å²) >= 11 is 5.34. The number of rotatable bonds is 5. The highest BCUT2D eigenvalue weighted by molar-refractivity contribution is 7.80. The summed E-state index contributed by atoms with van der Waals surface area (Å²) in [6.45, 7) is 0.995. The van der Waals surface area contributed by atoms with Gasteiger partial charge in [-0.05, 0) is 41.5 Å². The van der Waals surface area contributed by atoms with E-state index in [1.54, 1.807) is 18.3 Å². The number of pyridine rings is 1. The van der Waals surface area contributed by atoms with E-state index >= 15 is 0 Å². The number of thiocarbonyl (C=S) groups is 1. The summed E-state index contributed by atoms with van der Waals surface area (Å²) in [7, 11) is 1.52. The monoisotopic (exact) mass is 369 g/mol. The van der Waals surface area contributed by atoms with Crippen molar-refractivity contribution in [2.45, 2.75) is 13.1 Å². The van der Waals surface area contributed by atoms with Gasteiger partial charge in [-0.2, -0.15) is 0 Å². The summed E-state index contributed by atoms with van der Waals surface area (Å²) < 4.78 is 0. The molecule has 0 atom stereocenters. The number of fused-ring (bicyclic) bond motifs is 1. The molecule has 26 heavy (non-hydrogen) atoms. The molecule has 1 aromatic carbocycles. The lowest BCUT2D eigenvalue weighted by Crippen LogP contribution is -2.35. The molecular weight excluding hydrogens is 350 g/mol. The maximum atomic E-state index is 11.2. The fourth-order valence-electron chi connectivity index (χ4n) is 2.68. The predicted octanol–water partition coefficient (Wildman–Crippen LogP) is 2.84. The number of carbonyl (C=O) groups is 1. The molecule has 2 aromatic heterocycles. The minimum Gasteiger partial charge on any atom is -0.465 e. The molecule has 0 saturated heterocycles. The fraction of sp³-hybridized carbons (Fsp3) is 0.167. The van der Waals surface area contributed by atoms with Crippen molar-refractivity contribution in [2.75, 3.05) is 11.9 Å². The Bertz CT molecular complexity index is 940. The van der Waals surface area contributed by atoms with E-state index in [1.165, 1.54) is 11.9 Å². The summed E-state index contributed by atoms with van der Waals surface area (Å²) in [5, 5.41) is 17.0. The molecule has 0 unspecified atom stereocenters. The van der Waals surface area contributed by atoms with Crippen molar-refractivity contribution in [1.82, 2.24) is 20.6 Å². The summed E-state index contributed by atoms with van der Waals surface area (Å²) in [6.07, 6.45) is 2.60. The zero-order valence-electron chi connectivity index (χ0n) is 14.2. The molecule has 1 amide bonds. The van der Waals surface area contributed by atoms with Gasteiger partial charge in [-0.15, -0.1) is 0 Å². The lowest BCUT2D eigenvalue weighted by molar-refractivity contribution is 0.203. The highest BCUT2D eigenvalue weighted by Crippen LogP contribution is 2.19. The molecule has 134 valence electrons. The van der Waals surface area contributed by atoms with Crippen molar-refractivity contribution >= 4 is 40.1 Å². The quantitative estimate of drug-likeness (QED) is 0.517. The second kappa shape index (κ2) is 7.83. The number of nitrogens with zero attached hydrogens (tertiary/aromatic N) is 2. The van der Waals surface area contributed by atoms with E-state index in [4.69, 9.17) is 12.2 Å². The number of hydrogen-bond acceptors (Lipinski definition) is 3. The smallest absolute Gasteiger partial charge is 0.411 e. The van der Waals surface area contributed by atoms with Crippen molar-refractivity contribution < 1.29 is 9.90 Å². The van der Waals surface area contributed by atoms with Gasteiger partial charge >= 0.3 is 6.09 Å². The molecule has 4 N–H and O–H groups in total. The Morgan fingerprint density at radius 3 is 2.69 bits per heavy atom. The Morgan fingerprint density at radius 2 is 1.92 bits per heavy atom. The largest absolute Gasteiger partial charge is 0.465 e. The van der Waals surface area contributed by atoms with Crippen molar-refractivity contribution in [3.05, 3.63) is 59.9 Å². The first kappa shape index (κ1) is 17.7. The average Bonchev–Trinajstić information content (AvgIpc) is 3.13. The Hall–Kier alpha value is -3.13. The summed E-state index contributed by atoms with van der Waals surface area (Å²) in [4.78, 5) is 19.7. The van der Waals surface area contributed by atoms with Crippen LogP contribution >= 0.6 is 12.2 Å². The number of para-hydroxylation sites is 1. The van der Waals surface area contributed by atoms with E-state index in [1.807, 2.05) is 30.5 Å². The van der Waals surface area contributed by atoms with E-state index in [2.05, 4.69) is 20.6 Å². The van der Waals surface area contributed by atoms with Crippen LogP contribution in [0.4, 0.5) is 10.5 Å². The number of anilines is 1. The van der Waals surface area contributed by atoms with Crippen LogP contribution in [0.1, 0.15) is 11.1 Å². The van der Waals surface area contributed by atoms with Crippen LogP contribution in [0, 0.1) is 0 Å². The van der Waals surface area contributed by atoms with Crippen molar-refractivity contribution in [1.29, 1.82) is 0 Å². The van der Waals surface area contributed by atoms with E-state index in [-0.39, 0.29) is 0 Å². The Labute approximate surface area is 156 Å². The highest BCUT2D eigenvalue weighted by Gasteiger charge is 2.12. The normalized spacial score (nSPS) is 10.5. The first-order valence-corrected chi connectivity index (χ1v) is 8.44. The molecule has 3 rings (SSSR count). The van der Waals surface area contributed by atoms with Gasteiger partial charge in [-0.25, -0.2) is 9.78 Å². The molecule has 0 spiro atoms. The molecule has 0 aliphatic carbocycles. The van der Waals surface area contributed by atoms with Crippen LogP contribution in [0.5, 0.6) is 0 Å². The highest BCUT2D eigenvalue weighted by atomic mass is 32.1. The summed E-state index contributed by atoms with van der Waals surface area (Å²) in [5.41, 5.74) is 3.40. The lowest BCUT2D eigenvalue weighted by atomic mass is 10.1. The van der Waals surface area contributed by atoms with Crippen molar-refractivity contribution in [3.63, 3.8) is 0 Å². The number of aromatic amines is 1. The topological polar surface area (TPSA) is 93.3 Å². The fourth-order valence-corrected chi connectivity index (χ4v) is 2.82. The van der Waals surface area contributed by atoms with Crippen molar-refractivity contribution in [2.24, 2.45) is 0 Å². The molecule has 2 heterocycles. The third-order valence-electron chi connectivity index (χ3n) is 4.07. The van der Waals surface area contributed by atoms with Crippen LogP contribution in [0.25, 0.3) is 11.0 Å². The van der Waals surface area contributed by atoms with Gasteiger partial charge in [-0.3, -0.25) is 4.90 Å². The van der Waals surface area contributed by atoms with Crippen LogP contribution < -0.4 is 15.5 Å². The standard InChI is InChI=1S/C18H19N5O2S/c1-23(18(24)25)15-5-3-2-4-13(15)11-22-17(26)21-10-12-6-8-19-16-14(12)7-9-20-16/h2-9H,10-11H2,1H3,(H,19,20)(H,24,25)(H2,21,22,26). The van der Waals surface area contributed by atoms with Gasteiger partial charge in [0.05, 0.1) is 5.69 Å². The number of H-pyrrole nitrogens is 1. The first-order valence-electron chi connectivity index (χ1n) is 8.03. The molecule has 0 aliphatic heterocycles. The van der Waals surface area contributed by atoms with Gasteiger partial charge in [0.25, 0.3) is 0 Å². The molecule has 0 radical (unpaired) electrons. The summed E-state index contributed by atoms with van der Waals surface area (Å²) in [5.74, 6) is 0. The third kappa shape index (κ3) is 3.92. The Kier molecular flexibility index (Phi) is 5.33. The van der Waals surface area contributed by atoms with Gasteiger partial charge in [0, 0.05) is 37.9 Å². The SMILES string of the molecule is CN(C(=O)O)c1ccccc1CNC(=S)NCc1ccnc2[nH]ccc12. The van der Waals surface area contributed by atoms with E-state index in [0.29, 0.717) is 23.9 Å². The number of hydrogen-bond donors (Lipinski definition) is 4. The number of amides is 1. The molecule has 0 aliphatic rings. The van der Waals surface area contributed by atoms with Gasteiger partial charge in [0.1, 0.15) is 5.65 Å². The molecule has 7 nitrogen and oxygen atoms in total. The van der Waals surface area contributed by atoms with Crippen LogP contribution in [-0.2, 0) is 13.1 Å². The van der Waals surface area contributed by atoms with Crippen LogP contribution in [0.3, 0.4) is 0 Å². The third-order valence-corrected chi connectivity index (χ3v) is 4.36. The maximum absolute atomic E-state index is 11.2. The number of benzene rings is 1. The van der Waals surface area contributed by atoms with Gasteiger partial charge in [-0.1, -0.05) is 18.2 Å².